The molecule has 60 valence electrons. The van der Waals surface area contributed by atoms with Gasteiger partial charge in [-0.15, -0.1) is 0 Å². The Balaban J connectivity index is 0. The van der Waals surface area contributed by atoms with Crippen LogP contribution in [0.2, 0.25) is 0 Å². The molecule has 0 aromatic carbocycles. The maximum Gasteiger partial charge on any atom is 0.0683 e. The van der Waals surface area contributed by atoms with Crippen molar-refractivity contribution in [1.82, 2.24) is 0 Å². The monoisotopic (exact) mass is 159 g/mol. The first-order valence-electron chi connectivity index (χ1n) is 3.52. The standard InChI is InChI=1S/C6H11NS.C2H6/c1-4-5-8-6(2)7-3;1-2/h4-5H,1-3H3;1-2H3/b5-4-,7-6?;. The van der Waals surface area contributed by atoms with E-state index in [9.17, 15) is 0 Å². The zero-order valence-corrected chi connectivity index (χ0v) is 8.33. The highest BCUT2D eigenvalue weighted by Crippen LogP contribution is 2.03. The minimum Gasteiger partial charge on any atom is -0.286 e. The van der Waals surface area contributed by atoms with Gasteiger partial charge < -0.3 is 0 Å². The molecular weight excluding hydrogens is 142 g/mol. The molecule has 0 amide bonds. The van der Waals surface area contributed by atoms with E-state index in [0.717, 1.165) is 5.04 Å². The van der Waals surface area contributed by atoms with E-state index in [0.29, 0.717) is 0 Å². The van der Waals surface area contributed by atoms with Crippen LogP contribution < -0.4 is 0 Å². The van der Waals surface area contributed by atoms with E-state index in [1.54, 1.807) is 18.8 Å². The van der Waals surface area contributed by atoms with Crippen LogP contribution in [0.5, 0.6) is 0 Å². The van der Waals surface area contributed by atoms with Gasteiger partial charge in [-0.05, 0) is 19.3 Å². The molecule has 10 heavy (non-hydrogen) atoms. The third-order valence-electron chi connectivity index (χ3n) is 0.690. The van der Waals surface area contributed by atoms with Gasteiger partial charge in [0.05, 0.1) is 5.04 Å². The van der Waals surface area contributed by atoms with Crippen LogP contribution in [0.25, 0.3) is 0 Å². The summed E-state index contributed by atoms with van der Waals surface area (Å²) in [6.07, 6.45) is 2.00. The number of hydrogen-bond acceptors (Lipinski definition) is 2. The summed E-state index contributed by atoms with van der Waals surface area (Å²) in [6, 6.07) is 0. The molecule has 0 unspecified atom stereocenters. The quantitative estimate of drug-likeness (QED) is 0.422. The van der Waals surface area contributed by atoms with Crippen molar-refractivity contribution in [2.24, 2.45) is 4.99 Å². The van der Waals surface area contributed by atoms with Crippen LogP contribution in [0.1, 0.15) is 27.7 Å². The number of hydrogen-bond donors (Lipinski definition) is 0. The fourth-order valence-corrected chi connectivity index (χ4v) is 0.658. The lowest BCUT2D eigenvalue weighted by Crippen LogP contribution is -1.76. The Hall–Kier alpha value is -0.240. The molecule has 2 heteroatoms. The van der Waals surface area contributed by atoms with Crippen LogP contribution in [0, 0.1) is 0 Å². The highest BCUT2D eigenvalue weighted by molar-refractivity contribution is 8.16. The SMILES string of the molecule is C/C=C\SC(C)=NC.CC. The predicted molar refractivity (Wildman–Crippen MR) is 52.8 cm³/mol. The number of aliphatic imine (C=N–C) groups is 1. The van der Waals surface area contributed by atoms with Crippen molar-refractivity contribution in [2.45, 2.75) is 27.7 Å². The first-order chi connectivity index (χ1) is 4.81. The van der Waals surface area contributed by atoms with Crippen LogP contribution in [0.3, 0.4) is 0 Å². The van der Waals surface area contributed by atoms with Gasteiger partial charge >= 0.3 is 0 Å². The molecule has 0 aliphatic carbocycles. The molecule has 0 saturated carbocycles. The molecule has 0 aliphatic heterocycles. The van der Waals surface area contributed by atoms with Crippen molar-refractivity contribution in [1.29, 1.82) is 0 Å². The second-order valence-corrected chi connectivity index (χ2v) is 2.43. The largest absolute Gasteiger partial charge is 0.286 e. The van der Waals surface area contributed by atoms with Gasteiger partial charge in [0.15, 0.2) is 0 Å². The smallest absolute Gasteiger partial charge is 0.0683 e. The number of rotatable bonds is 1. The Morgan fingerprint density at radius 3 is 2.20 bits per heavy atom. The van der Waals surface area contributed by atoms with E-state index < -0.39 is 0 Å². The maximum atomic E-state index is 3.95. The second-order valence-electron chi connectivity index (χ2n) is 1.33. The van der Waals surface area contributed by atoms with E-state index >= 15 is 0 Å². The topological polar surface area (TPSA) is 12.4 Å². The van der Waals surface area contributed by atoms with Crippen LogP contribution in [0.15, 0.2) is 16.5 Å². The number of thioether (sulfide) groups is 1. The normalized spacial score (nSPS) is 11.1. The minimum atomic E-state index is 1.10. The van der Waals surface area contributed by atoms with E-state index in [2.05, 4.69) is 4.99 Å². The van der Waals surface area contributed by atoms with Crippen LogP contribution >= 0.6 is 11.8 Å². The van der Waals surface area contributed by atoms with Gasteiger partial charge in [0.1, 0.15) is 0 Å². The molecule has 0 aromatic rings. The first kappa shape index (κ1) is 12.4. The van der Waals surface area contributed by atoms with Gasteiger partial charge in [-0.2, -0.15) is 0 Å². The van der Waals surface area contributed by atoms with E-state index in [1.807, 2.05) is 39.2 Å². The van der Waals surface area contributed by atoms with Crippen molar-refractivity contribution in [3.05, 3.63) is 11.5 Å². The summed E-state index contributed by atoms with van der Waals surface area (Å²) in [7, 11) is 1.80. The zero-order valence-electron chi connectivity index (χ0n) is 7.51. The molecule has 0 radical (unpaired) electrons. The fraction of sp³-hybridized carbons (Fsp3) is 0.625. The van der Waals surface area contributed by atoms with Crippen LogP contribution in [0.4, 0.5) is 0 Å². The van der Waals surface area contributed by atoms with Gasteiger partial charge in [0.25, 0.3) is 0 Å². The number of nitrogens with zero attached hydrogens (tertiary/aromatic N) is 1. The summed E-state index contributed by atoms with van der Waals surface area (Å²) in [5.41, 5.74) is 0. The van der Waals surface area contributed by atoms with Gasteiger partial charge in [-0.1, -0.05) is 31.7 Å². The maximum absolute atomic E-state index is 3.95. The third kappa shape index (κ3) is 10.7. The molecule has 0 N–H and O–H groups in total. The van der Waals surface area contributed by atoms with Crippen LogP contribution in [-0.2, 0) is 0 Å². The second kappa shape index (κ2) is 11.5. The zero-order chi connectivity index (χ0) is 8.41. The molecular formula is C8H17NS. The Bertz CT molecular complexity index is 106. The summed E-state index contributed by atoms with van der Waals surface area (Å²) in [5.74, 6) is 0. The van der Waals surface area contributed by atoms with Crippen molar-refractivity contribution < 1.29 is 0 Å². The first-order valence-corrected chi connectivity index (χ1v) is 4.40. The Labute approximate surface area is 68.6 Å². The highest BCUT2D eigenvalue weighted by atomic mass is 32.2. The average Bonchev–Trinajstić information content (AvgIpc) is 2.04. The molecule has 0 saturated heterocycles. The lowest BCUT2D eigenvalue weighted by molar-refractivity contribution is 1.45. The molecule has 0 bridgehead atoms. The Morgan fingerprint density at radius 2 is 1.90 bits per heavy atom. The van der Waals surface area contributed by atoms with E-state index in [-0.39, 0.29) is 0 Å². The Morgan fingerprint density at radius 1 is 1.40 bits per heavy atom. The molecule has 0 fully saturated rings. The molecule has 0 spiro atoms. The molecule has 1 nitrogen and oxygen atoms in total. The van der Waals surface area contributed by atoms with Crippen molar-refractivity contribution in [3.8, 4) is 0 Å². The van der Waals surface area contributed by atoms with Crippen molar-refractivity contribution in [3.63, 3.8) is 0 Å². The van der Waals surface area contributed by atoms with Gasteiger partial charge in [0, 0.05) is 7.05 Å². The summed E-state index contributed by atoms with van der Waals surface area (Å²) < 4.78 is 0. The summed E-state index contributed by atoms with van der Waals surface area (Å²) >= 11 is 1.65. The van der Waals surface area contributed by atoms with Gasteiger partial charge in [-0.25, -0.2) is 0 Å². The highest BCUT2D eigenvalue weighted by Gasteiger charge is 1.80. The number of allylic oxidation sites excluding steroid dienone is 1. The molecule has 0 aliphatic rings. The van der Waals surface area contributed by atoms with Gasteiger partial charge in [-0.3, -0.25) is 4.99 Å². The van der Waals surface area contributed by atoms with E-state index in [1.165, 1.54) is 0 Å². The third-order valence-corrected chi connectivity index (χ3v) is 1.62. The summed E-state index contributed by atoms with van der Waals surface area (Å²) in [6.45, 7) is 7.99. The Kier molecular flexibility index (Phi) is 14.4. The minimum absolute atomic E-state index is 1.10. The van der Waals surface area contributed by atoms with Gasteiger partial charge in [0.2, 0.25) is 0 Å². The predicted octanol–water partition coefficient (Wildman–Crippen LogP) is 3.33. The lowest BCUT2D eigenvalue weighted by atomic mass is 10.8. The van der Waals surface area contributed by atoms with Crippen LogP contribution in [-0.4, -0.2) is 12.1 Å². The van der Waals surface area contributed by atoms with E-state index in [4.69, 9.17) is 0 Å². The summed E-state index contributed by atoms with van der Waals surface area (Å²) in [5, 5.41) is 3.12. The molecule has 0 rings (SSSR count). The molecule has 0 aromatic heterocycles. The fourth-order valence-electron chi connectivity index (χ4n) is 0.219. The average molecular weight is 159 g/mol. The molecule has 0 heterocycles. The summed E-state index contributed by atoms with van der Waals surface area (Å²) in [4.78, 5) is 3.95. The van der Waals surface area contributed by atoms with Crippen molar-refractivity contribution >= 4 is 16.8 Å². The molecule has 0 atom stereocenters. The lowest BCUT2D eigenvalue weighted by Gasteiger charge is -1.87. The van der Waals surface area contributed by atoms with Crippen molar-refractivity contribution in [2.75, 3.05) is 7.05 Å².